The maximum Gasteiger partial charge on any atom is 0.0468 e. The topological polar surface area (TPSA) is 21.3 Å². The first-order chi connectivity index (χ1) is 6.18. The van der Waals surface area contributed by atoms with Crippen molar-refractivity contribution in [1.82, 2.24) is 5.32 Å². The van der Waals surface area contributed by atoms with Gasteiger partial charge in [0.15, 0.2) is 0 Å². The molecule has 1 saturated carbocycles. The van der Waals surface area contributed by atoms with E-state index in [1.165, 1.54) is 24.8 Å². The van der Waals surface area contributed by atoms with Gasteiger partial charge in [-0.05, 0) is 31.6 Å². The highest BCUT2D eigenvalue weighted by Crippen LogP contribution is 2.48. The molecular formula is C11H21NO. The van der Waals surface area contributed by atoms with E-state index in [-0.39, 0.29) is 0 Å². The molecule has 0 aromatic carbocycles. The van der Waals surface area contributed by atoms with Gasteiger partial charge in [-0.25, -0.2) is 0 Å². The summed E-state index contributed by atoms with van der Waals surface area (Å²) in [5, 5.41) is 3.44. The zero-order chi connectivity index (χ0) is 9.73. The fraction of sp³-hybridized carbons (Fsp3) is 0.818. The van der Waals surface area contributed by atoms with E-state index in [1.807, 2.05) is 0 Å². The van der Waals surface area contributed by atoms with E-state index in [0.29, 0.717) is 5.41 Å². The Bertz CT molecular complexity index is 173. The van der Waals surface area contributed by atoms with Crippen LogP contribution < -0.4 is 5.32 Å². The van der Waals surface area contributed by atoms with Crippen molar-refractivity contribution in [2.75, 3.05) is 26.8 Å². The second kappa shape index (κ2) is 4.77. The predicted octanol–water partition coefficient (Wildman–Crippen LogP) is 1.97. The molecule has 0 aromatic rings. The summed E-state index contributed by atoms with van der Waals surface area (Å²) in [5.74, 6) is 0. The Kier molecular flexibility index (Phi) is 3.94. The van der Waals surface area contributed by atoms with Gasteiger partial charge in [-0.3, -0.25) is 0 Å². The van der Waals surface area contributed by atoms with Crippen LogP contribution in [0.15, 0.2) is 12.2 Å². The zero-order valence-electron chi connectivity index (χ0n) is 8.86. The number of hydrogen-bond donors (Lipinski definition) is 1. The van der Waals surface area contributed by atoms with Gasteiger partial charge >= 0.3 is 0 Å². The largest absolute Gasteiger partial charge is 0.385 e. The van der Waals surface area contributed by atoms with Crippen LogP contribution in [0.3, 0.4) is 0 Å². The van der Waals surface area contributed by atoms with Crippen LogP contribution in [0.5, 0.6) is 0 Å². The smallest absolute Gasteiger partial charge is 0.0468 e. The van der Waals surface area contributed by atoms with Crippen LogP contribution in [0.1, 0.15) is 26.2 Å². The summed E-state index contributed by atoms with van der Waals surface area (Å²) in [7, 11) is 1.78. The lowest BCUT2D eigenvalue weighted by molar-refractivity contribution is 0.171. The molecule has 0 bridgehead atoms. The average Bonchev–Trinajstić information content (AvgIpc) is 2.82. The summed E-state index contributed by atoms with van der Waals surface area (Å²) >= 11 is 0. The van der Waals surface area contributed by atoms with Gasteiger partial charge < -0.3 is 10.1 Å². The van der Waals surface area contributed by atoms with E-state index in [9.17, 15) is 0 Å². The molecule has 1 fully saturated rings. The minimum absolute atomic E-state index is 0.561. The molecule has 0 heterocycles. The van der Waals surface area contributed by atoms with Crippen molar-refractivity contribution >= 4 is 0 Å². The minimum atomic E-state index is 0.561. The first-order valence-electron chi connectivity index (χ1n) is 5.03. The highest BCUT2D eigenvalue weighted by Gasteiger charge is 2.41. The van der Waals surface area contributed by atoms with Crippen molar-refractivity contribution in [3.05, 3.63) is 12.2 Å². The summed E-state index contributed by atoms with van der Waals surface area (Å²) in [5.41, 5.74) is 1.77. The molecule has 0 amide bonds. The Morgan fingerprint density at radius 3 is 2.69 bits per heavy atom. The Balaban J connectivity index is 2.09. The van der Waals surface area contributed by atoms with Gasteiger partial charge in [0.25, 0.3) is 0 Å². The average molecular weight is 183 g/mol. The second-order valence-corrected chi connectivity index (χ2v) is 4.30. The highest BCUT2D eigenvalue weighted by atomic mass is 16.5. The molecule has 0 atom stereocenters. The molecular weight excluding hydrogens is 162 g/mol. The Morgan fingerprint density at radius 1 is 1.54 bits per heavy atom. The van der Waals surface area contributed by atoms with E-state index < -0.39 is 0 Å². The third-order valence-corrected chi connectivity index (χ3v) is 2.72. The van der Waals surface area contributed by atoms with Crippen molar-refractivity contribution < 1.29 is 4.74 Å². The van der Waals surface area contributed by atoms with Crippen LogP contribution in [-0.4, -0.2) is 26.8 Å². The summed E-state index contributed by atoms with van der Waals surface area (Å²) in [6.07, 6.45) is 3.92. The maximum atomic E-state index is 5.10. The quantitative estimate of drug-likeness (QED) is 0.609. The standard InChI is InChI=1S/C11H21NO/c1-10(2)8-12-9-11(4-5-11)6-7-13-3/h12H,1,4-9H2,2-3H3. The Labute approximate surface area is 81.4 Å². The van der Waals surface area contributed by atoms with Crippen molar-refractivity contribution in [3.8, 4) is 0 Å². The van der Waals surface area contributed by atoms with Gasteiger partial charge in [0.1, 0.15) is 0 Å². The molecule has 1 aliphatic carbocycles. The van der Waals surface area contributed by atoms with E-state index in [4.69, 9.17) is 4.74 Å². The number of ether oxygens (including phenoxy) is 1. The first kappa shape index (κ1) is 10.7. The lowest BCUT2D eigenvalue weighted by Gasteiger charge is -2.15. The molecule has 2 nitrogen and oxygen atoms in total. The molecule has 0 saturated heterocycles. The van der Waals surface area contributed by atoms with Crippen LogP contribution >= 0.6 is 0 Å². The lowest BCUT2D eigenvalue weighted by Crippen LogP contribution is -2.26. The zero-order valence-corrected chi connectivity index (χ0v) is 8.86. The van der Waals surface area contributed by atoms with Crippen molar-refractivity contribution in [2.24, 2.45) is 5.41 Å². The fourth-order valence-corrected chi connectivity index (χ4v) is 1.55. The molecule has 0 spiro atoms. The predicted molar refractivity (Wildman–Crippen MR) is 55.8 cm³/mol. The number of nitrogens with one attached hydrogen (secondary N) is 1. The molecule has 0 radical (unpaired) electrons. The molecule has 1 aliphatic rings. The summed E-state index contributed by atoms with van der Waals surface area (Å²) in [6.45, 7) is 8.91. The number of methoxy groups -OCH3 is 1. The van der Waals surface area contributed by atoms with Crippen LogP contribution in [-0.2, 0) is 4.74 Å². The van der Waals surface area contributed by atoms with Crippen LogP contribution in [0, 0.1) is 5.41 Å². The van der Waals surface area contributed by atoms with Gasteiger partial charge in [-0.1, -0.05) is 12.2 Å². The summed E-state index contributed by atoms with van der Waals surface area (Å²) in [4.78, 5) is 0. The number of hydrogen-bond acceptors (Lipinski definition) is 2. The van der Waals surface area contributed by atoms with Crippen molar-refractivity contribution in [1.29, 1.82) is 0 Å². The van der Waals surface area contributed by atoms with Gasteiger partial charge in [-0.15, -0.1) is 0 Å². The Hall–Kier alpha value is -0.340. The third kappa shape index (κ3) is 3.92. The summed E-state index contributed by atoms with van der Waals surface area (Å²) in [6, 6.07) is 0. The molecule has 13 heavy (non-hydrogen) atoms. The molecule has 1 rings (SSSR count). The summed E-state index contributed by atoms with van der Waals surface area (Å²) < 4.78 is 5.10. The fourth-order valence-electron chi connectivity index (χ4n) is 1.55. The van der Waals surface area contributed by atoms with Crippen molar-refractivity contribution in [2.45, 2.75) is 26.2 Å². The van der Waals surface area contributed by atoms with Crippen LogP contribution in [0.4, 0.5) is 0 Å². The van der Waals surface area contributed by atoms with Gasteiger partial charge in [0.2, 0.25) is 0 Å². The van der Waals surface area contributed by atoms with Crippen molar-refractivity contribution in [3.63, 3.8) is 0 Å². The second-order valence-electron chi connectivity index (χ2n) is 4.30. The van der Waals surface area contributed by atoms with Crippen LogP contribution in [0.2, 0.25) is 0 Å². The molecule has 2 heteroatoms. The van der Waals surface area contributed by atoms with E-state index in [2.05, 4.69) is 18.8 Å². The normalized spacial score (nSPS) is 18.6. The monoisotopic (exact) mass is 183 g/mol. The van der Waals surface area contributed by atoms with E-state index >= 15 is 0 Å². The molecule has 1 N–H and O–H groups in total. The molecule has 0 aromatic heterocycles. The molecule has 76 valence electrons. The van der Waals surface area contributed by atoms with Gasteiger partial charge in [-0.2, -0.15) is 0 Å². The Morgan fingerprint density at radius 2 is 2.23 bits per heavy atom. The molecule has 0 unspecified atom stereocenters. The third-order valence-electron chi connectivity index (χ3n) is 2.72. The SMILES string of the molecule is C=C(C)CNCC1(CCOC)CC1. The van der Waals surface area contributed by atoms with E-state index in [0.717, 1.165) is 19.7 Å². The highest BCUT2D eigenvalue weighted by molar-refractivity contribution is 4.97. The maximum absolute atomic E-state index is 5.10. The lowest BCUT2D eigenvalue weighted by atomic mass is 10.0. The number of rotatable bonds is 7. The van der Waals surface area contributed by atoms with E-state index in [1.54, 1.807) is 7.11 Å². The van der Waals surface area contributed by atoms with Crippen LogP contribution in [0.25, 0.3) is 0 Å². The van der Waals surface area contributed by atoms with Gasteiger partial charge in [0, 0.05) is 26.8 Å². The molecule has 0 aliphatic heterocycles. The minimum Gasteiger partial charge on any atom is -0.385 e. The first-order valence-corrected chi connectivity index (χ1v) is 5.03. The van der Waals surface area contributed by atoms with Gasteiger partial charge in [0.05, 0.1) is 0 Å².